The molecule has 4 nitrogen and oxygen atoms in total. The first kappa shape index (κ1) is 20.6. The molecule has 130 valence electrons. The molecule has 0 amide bonds. The van der Waals surface area contributed by atoms with Crippen LogP contribution in [-0.2, 0) is 11.3 Å². The lowest BCUT2D eigenvalue weighted by Gasteiger charge is -2.24. The van der Waals surface area contributed by atoms with Gasteiger partial charge in [0.2, 0.25) is 0 Å². The molecule has 1 fully saturated rings. The van der Waals surface area contributed by atoms with Crippen molar-refractivity contribution in [3.63, 3.8) is 0 Å². The third kappa shape index (κ3) is 7.76. The number of thioether (sulfide) groups is 1. The Bertz CT molecular complexity index is 464. The van der Waals surface area contributed by atoms with Crippen LogP contribution in [0, 0.1) is 0 Å². The standard InChI is InChI=1S/C17H27N3OS.HI/c1-17(9-6-12-22-17)14-20-16(18-2)19-10-11-21-13-15-7-4-3-5-8-15;/h3-5,7-8H,6,9-14H2,1-2H3,(H2,18,19,20);1H. The van der Waals surface area contributed by atoms with Gasteiger partial charge in [-0.05, 0) is 31.1 Å². The van der Waals surface area contributed by atoms with Crippen LogP contribution >= 0.6 is 35.7 Å². The zero-order chi connectivity index (χ0) is 15.7. The minimum Gasteiger partial charge on any atom is -0.375 e. The molecule has 0 spiro atoms. The molecule has 0 aromatic heterocycles. The Balaban J connectivity index is 0.00000264. The van der Waals surface area contributed by atoms with Gasteiger partial charge >= 0.3 is 0 Å². The molecule has 23 heavy (non-hydrogen) atoms. The summed E-state index contributed by atoms with van der Waals surface area (Å²) in [6, 6.07) is 10.2. The fraction of sp³-hybridized carbons (Fsp3) is 0.588. The average Bonchev–Trinajstić information content (AvgIpc) is 2.98. The molecule has 1 aromatic carbocycles. The van der Waals surface area contributed by atoms with Gasteiger partial charge in [-0.2, -0.15) is 11.8 Å². The van der Waals surface area contributed by atoms with E-state index in [4.69, 9.17) is 4.74 Å². The molecule has 1 unspecified atom stereocenters. The first-order chi connectivity index (χ1) is 10.7. The fourth-order valence-corrected chi connectivity index (χ4v) is 3.72. The Labute approximate surface area is 161 Å². The summed E-state index contributed by atoms with van der Waals surface area (Å²) in [4.78, 5) is 4.27. The second-order valence-electron chi connectivity index (χ2n) is 5.79. The summed E-state index contributed by atoms with van der Waals surface area (Å²) >= 11 is 2.06. The van der Waals surface area contributed by atoms with Crippen molar-refractivity contribution in [1.29, 1.82) is 0 Å². The van der Waals surface area contributed by atoms with Crippen LogP contribution in [-0.4, -0.2) is 43.2 Å². The van der Waals surface area contributed by atoms with Crippen LogP contribution in [0.5, 0.6) is 0 Å². The topological polar surface area (TPSA) is 45.7 Å². The van der Waals surface area contributed by atoms with Crippen molar-refractivity contribution < 1.29 is 4.74 Å². The summed E-state index contributed by atoms with van der Waals surface area (Å²) in [5.74, 6) is 2.13. The van der Waals surface area contributed by atoms with E-state index in [1.165, 1.54) is 24.2 Å². The van der Waals surface area contributed by atoms with Crippen LogP contribution in [0.1, 0.15) is 25.3 Å². The van der Waals surface area contributed by atoms with E-state index in [-0.39, 0.29) is 24.0 Å². The predicted octanol–water partition coefficient (Wildman–Crippen LogP) is 3.27. The molecule has 1 atom stereocenters. The second-order valence-corrected chi connectivity index (χ2v) is 7.48. The number of nitrogens with zero attached hydrogens (tertiary/aromatic N) is 1. The molecule has 1 heterocycles. The maximum absolute atomic E-state index is 5.66. The lowest BCUT2D eigenvalue weighted by Crippen LogP contribution is -2.44. The molecule has 0 aliphatic carbocycles. The van der Waals surface area contributed by atoms with E-state index >= 15 is 0 Å². The molecular weight excluding hydrogens is 421 g/mol. The van der Waals surface area contributed by atoms with Gasteiger partial charge in [0.25, 0.3) is 0 Å². The van der Waals surface area contributed by atoms with Gasteiger partial charge in [0.1, 0.15) is 0 Å². The first-order valence-corrected chi connectivity index (χ1v) is 8.91. The highest BCUT2D eigenvalue weighted by atomic mass is 127. The minimum absolute atomic E-state index is 0. The van der Waals surface area contributed by atoms with Gasteiger partial charge in [0, 0.05) is 24.9 Å². The molecule has 0 radical (unpaired) electrons. The van der Waals surface area contributed by atoms with Crippen molar-refractivity contribution >= 4 is 41.7 Å². The molecule has 0 saturated carbocycles. The maximum atomic E-state index is 5.66. The highest BCUT2D eigenvalue weighted by Crippen LogP contribution is 2.36. The van der Waals surface area contributed by atoms with Crippen molar-refractivity contribution in [3.8, 4) is 0 Å². The smallest absolute Gasteiger partial charge is 0.191 e. The Hall–Kier alpha value is -0.470. The Morgan fingerprint density at radius 3 is 2.74 bits per heavy atom. The lowest BCUT2D eigenvalue weighted by molar-refractivity contribution is 0.125. The highest BCUT2D eigenvalue weighted by Gasteiger charge is 2.29. The van der Waals surface area contributed by atoms with E-state index in [9.17, 15) is 0 Å². The summed E-state index contributed by atoms with van der Waals surface area (Å²) in [6.07, 6.45) is 2.60. The second kappa shape index (κ2) is 11.1. The summed E-state index contributed by atoms with van der Waals surface area (Å²) in [5.41, 5.74) is 1.20. The number of halogens is 1. The number of nitrogens with one attached hydrogen (secondary N) is 2. The van der Waals surface area contributed by atoms with Gasteiger partial charge < -0.3 is 15.4 Å². The van der Waals surface area contributed by atoms with Crippen LogP contribution in [0.4, 0.5) is 0 Å². The summed E-state index contributed by atoms with van der Waals surface area (Å²) < 4.78 is 6.01. The van der Waals surface area contributed by atoms with Crippen molar-refractivity contribution in [1.82, 2.24) is 10.6 Å². The Morgan fingerprint density at radius 2 is 2.09 bits per heavy atom. The quantitative estimate of drug-likeness (QED) is 0.290. The number of rotatable bonds is 7. The van der Waals surface area contributed by atoms with Gasteiger partial charge in [-0.15, -0.1) is 24.0 Å². The third-order valence-electron chi connectivity index (χ3n) is 3.80. The van der Waals surface area contributed by atoms with E-state index in [1.54, 1.807) is 0 Å². The SMILES string of the molecule is CN=C(NCCOCc1ccccc1)NCC1(C)CCCS1.I. The molecule has 2 N–H and O–H groups in total. The van der Waals surface area contributed by atoms with E-state index in [0.717, 1.165) is 19.0 Å². The number of guanidine groups is 1. The zero-order valence-electron chi connectivity index (χ0n) is 14.0. The van der Waals surface area contributed by atoms with Gasteiger partial charge in [-0.3, -0.25) is 4.99 Å². The number of ether oxygens (including phenoxy) is 1. The third-order valence-corrected chi connectivity index (χ3v) is 5.34. The number of hydrogen-bond donors (Lipinski definition) is 2. The van der Waals surface area contributed by atoms with Crippen LogP contribution < -0.4 is 10.6 Å². The molecule has 2 rings (SSSR count). The van der Waals surface area contributed by atoms with Crippen LogP contribution in [0.15, 0.2) is 35.3 Å². The summed E-state index contributed by atoms with van der Waals surface area (Å²) in [5, 5.41) is 6.72. The fourth-order valence-electron chi connectivity index (χ4n) is 2.47. The van der Waals surface area contributed by atoms with Crippen molar-refractivity contribution in [2.24, 2.45) is 4.99 Å². The predicted molar refractivity (Wildman–Crippen MR) is 111 cm³/mol. The van der Waals surface area contributed by atoms with Gasteiger partial charge in [-0.25, -0.2) is 0 Å². The Kier molecular flexibility index (Phi) is 9.97. The van der Waals surface area contributed by atoms with Gasteiger partial charge in [-0.1, -0.05) is 30.3 Å². The number of benzene rings is 1. The van der Waals surface area contributed by atoms with E-state index in [0.29, 0.717) is 18.0 Å². The zero-order valence-corrected chi connectivity index (χ0v) is 17.2. The van der Waals surface area contributed by atoms with Gasteiger partial charge in [0.05, 0.1) is 13.2 Å². The summed E-state index contributed by atoms with van der Waals surface area (Å²) in [6.45, 7) is 5.37. The molecule has 6 heteroatoms. The molecule has 0 bridgehead atoms. The van der Waals surface area contributed by atoms with Crippen LogP contribution in [0.25, 0.3) is 0 Å². The van der Waals surface area contributed by atoms with Crippen LogP contribution in [0.2, 0.25) is 0 Å². The average molecular weight is 449 g/mol. The van der Waals surface area contributed by atoms with Crippen molar-refractivity contribution in [2.45, 2.75) is 31.1 Å². The normalized spacial score (nSPS) is 20.9. The first-order valence-electron chi connectivity index (χ1n) is 7.92. The lowest BCUT2D eigenvalue weighted by atomic mass is 10.1. The number of aliphatic imine (C=N–C) groups is 1. The van der Waals surface area contributed by atoms with E-state index in [2.05, 4.69) is 46.4 Å². The van der Waals surface area contributed by atoms with Crippen molar-refractivity contribution in [2.75, 3.05) is 32.5 Å². The molecular formula is C17H28IN3OS. The maximum Gasteiger partial charge on any atom is 0.191 e. The largest absolute Gasteiger partial charge is 0.375 e. The monoisotopic (exact) mass is 449 g/mol. The highest BCUT2D eigenvalue weighted by molar-refractivity contribution is 14.0. The van der Waals surface area contributed by atoms with E-state index in [1.807, 2.05) is 25.2 Å². The molecule has 1 aliphatic rings. The minimum atomic E-state index is 0. The Morgan fingerprint density at radius 1 is 1.30 bits per heavy atom. The molecule has 1 aromatic rings. The molecule has 1 saturated heterocycles. The van der Waals surface area contributed by atoms with Crippen LogP contribution in [0.3, 0.4) is 0 Å². The summed E-state index contributed by atoms with van der Waals surface area (Å²) in [7, 11) is 1.81. The molecule has 1 aliphatic heterocycles. The number of hydrogen-bond acceptors (Lipinski definition) is 3. The van der Waals surface area contributed by atoms with E-state index < -0.39 is 0 Å². The van der Waals surface area contributed by atoms with Gasteiger partial charge in [0.15, 0.2) is 5.96 Å². The van der Waals surface area contributed by atoms with Crippen molar-refractivity contribution in [3.05, 3.63) is 35.9 Å².